The van der Waals surface area contributed by atoms with Gasteiger partial charge in [0.25, 0.3) is 0 Å². The Hall–Kier alpha value is -3.75. The standard InChI is InChI=1S/C30H37N7O/c1-22-5-10-26(19-28(22)35-30-32-13-11-27(34-30)25-4-3-12-31-20-25)33-29(38)18-23-6-8-24(9-7-23)21-37-16-14-36(2)15-17-37/h3-10,12,19-20,27H,11,13-18,21H2,1-2H3,(H,33,38)(H2,32,34,35). The van der Waals surface area contributed by atoms with Gasteiger partial charge in [0.15, 0.2) is 5.96 Å². The molecule has 2 aliphatic rings. The van der Waals surface area contributed by atoms with Crippen LogP contribution in [0.4, 0.5) is 11.4 Å². The molecule has 8 heteroatoms. The Bertz CT molecular complexity index is 1250. The lowest BCUT2D eigenvalue weighted by molar-refractivity contribution is -0.115. The predicted octanol–water partition coefficient (Wildman–Crippen LogP) is 3.82. The van der Waals surface area contributed by atoms with Gasteiger partial charge in [-0.05, 0) is 60.8 Å². The Labute approximate surface area is 225 Å². The first kappa shape index (κ1) is 25.9. The molecule has 1 saturated heterocycles. The number of carbonyl (C=O) groups excluding carboxylic acids is 1. The molecule has 1 unspecified atom stereocenters. The topological polar surface area (TPSA) is 84.9 Å². The normalized spacial score (nSPS) is 18.4. The molecule has 8 nitrogen and oxygen atoms in total. The first-order chi connectivity index (χ1) is 18.5. The highest BCUT2D eigenvalue weighted by Crippen LogP contribution is 2.23. The van der Waals surface area contributed by atoms with Crippen molar-refractivity contribution in [3.05, 3.63) is 89.2 Å². The Morgan fingerprint density at radius 2 is 1.84 bits per heavy atom. The summed E-state index contributed by atoms with van der Waals surface area (Å²) < 4.78 is 0. The first-order valence-corrected chi connectivity index (χ1v) is 13.4. The molecule has 3 heterocycles. The number of pyridine rings is 1. The lowest BCUT2D eigenvalue weighted by Gasteiger charge is -2.32. The summed E-state index contributed by atoms with van der Waals surface area (Å²) in [6.45, 7) is 8.17. The minimum absolute atomic E-state index is 0.0311. The van der Waals surface area contributed by atoms with Crippen LogP contribution in [0.5, 0.6) is 0 Å². The van der Waals surface area contributed by atoms with Crippen molar-refractivity contribution in [2.75, 3.05) is 50.4 Å². The van der Waals surface area contributed by atoms with Crippen LogP contribution in [-0.2, 0) is 17.8 Å². The highest BCUT2D eigenvalue weighted by Gasteiger charge is 2.18. The van der Waals surface area contributed by atoms with E-state index in [0.717, 1.165) is 79.7 Å². The van der Waals surface area contributed by atoms with Crippen LogP contribution in [0.3, 0.4) is 0 Å². The van der Waals surface area contributed by atoms with E-state index in [2.05, 4.69) is 73.1 Å². The van der Waals surface area contributed by atoms with Crippen LogP contribution in [0, 0.1) is 6.92 Å². The summed E-state index contributed by atoms with van der Waals surface area (Å²) in [6.07, 6.45) is 4.94. The zero-order valence-corrected chi connectivity index (χ0v) is 22.3. The number of piperazine rings is 1. The van der Waals surface area contributed by atoms with Crippen LogP contribution >= 0.6 is 0 Å². The fourth-order valence-electron chi connectivity index (χ4n) is 4.88. The SMILES string of the molecule is Cc1ccc(NC(=O)Cc2ccc(CN3CCN(C)CC3)cc2)cc1NC1=NCCC(c2cccnc2)N1. The second kappa shape index (κ2) is 12.2. The minimum Gasteiger partial charge on any atom is -0.349 e. The van der Waals surface area contributed by atoms with Crippen LogP contribution in [-0.4, -0.2) is 66.4 Å². The molecule has 1 amide bonds. The van der Waals surface area contributed by atoms with E-state index in [1.165, 1.54) is 5.56 Å². The molecule has 0 saturated carbocycles. The van der Waals surface area contributed by atoms with Gasteiger partial charge in [-0.15, -0.1) is 0 Å². The van der Waals surface area contributed by atoms with Crippen LogP contribution in [0.25, 0.3) is 0 Å². The molecule has 0 aliphatic carbocycles. The molecule has 3 N–H and O–H groups in total. The lowest BCUT2D eigenvalue weighted by Crippen LogP contribution is -2.43. The smallest absolute Gasteiger partial charge is 0.228 e. The average Bonchev–Trinajstić information content (AvgIpc) is 2.93. The summed E-state index contributed by atoms with van der Waals surface area (Å²) in [5.74, 6) is 0.699. The summed E-state index contributed by atoms with van der Waals surface area (Å²) in [4.78, 5) is 26.5. The van der Waals surface area contributed by atoms with Crippen molar-refractivity contribution >= 4 is 23.2 Å². The van der Waals surface area contributed by atoms with Gasteiger partial charge in [0.05, 0.1) is 12.5 Å². The van der Waals surface area contributed by atoms with Crippen LogP contribution in [0.1, 0.15) is 34.7 Å². The summed E-state index contributed by atoms with van der Waals surface area (Å²) in [5.41, 5.74) is 6.19. The number of carbonyl (C=O) groups is 1. The van der Waals surface area contributed by atoms with Crippen molar-refractivity contribution in [2.45, 2.75) is 32.4 Å². The van der Waals surface area contributed by atoms with Gasteiger partial charge in [-0.2, -0.15) is 0 Å². The summed E-state index contributed by atoms with van der Waals surface area (Å²) >= 11 is 0. The van der Waals surface area contributed by atoms with Gasteiger partial charge in [-0.1, -0.05) is 36.4 Å². The quantitative estimate of drug-likeness (QED) is 0.447. The molecule has 38 heavy (non-hydrogen) atoms. The van der Waals surface area contributed by atoms with Crippen molar-refractivity contribution in [3.63, 3.8) is 0 Å². The fraction of sp³-hybridized carbons (Fsp3) is 0.367. The molecule has 1 aromatic heterocycles. The lowest BCUT2D eigenvalue weighted by atomic mass is 10.1. The summed E-state index contributed by atoms with van der Waals surface area (Å²) in [6, 6.07) is 18.5. The zero-order chi connectivity index (χ0) is 26.3. The number of amides is 1. The van der Waals surface area contributed by atoms with Crippen LogP contribution in [0.15, 0.2) is 72.0 Å². The molecule has 198 valence electrons. The van der Waals surface area contributed by atoms with Gasteiger partial charge in [0.2, 0.25) is 5.91 Å². The van der Waals surface area contributed by atoms with E-state index >= 15 is 0 Å². The molecular weight excluding hydrogens is 474 g/mol. The number of aliphatic imine (C=N–C) groups is 1. The van der Waals surface area contributed by atoms with Crippen LogP contribution in [0.2, 0.25) is 0 Å². The average molecular weight is 512 g/mol. The van der Waals surface area contributed by atoms with E-state index in [4.69, 9.17) is 0 Å². The molecule has 1 atom stereocenters. The van der Waals surface area contributed by atoms with Crippen molar-refractivity contribution in [1.29, 1.82) is 0 Å². The molecule has 3 aromatic rings. The maximum absolute atomic E-state index is 12.8. The number of hydrogen-bond donors (Lipinski definition) is 3. The molecule has 2 aliphatic heterocycles. The van der Waals surface area contributed by atoms with Gasteiger partial charge in [0, 0.05) is 63.0 Å². The second-order valence-corrected chi connectivity index (χ2v) is 10.3. The number of likely N-dealkylation sites (N-methyl/N-ethyl adjacent to an activating group) is 1. The summed E-state index contributed by atoms with van der Waals surface area (Å²) in [7, 11) is 2.17. The van der Waals surface area contributed by atoms with E-state index in [-0.39, 0.29) is 11.9 Å². The molecule has 2 aromatic carbocycles. The van der Waals surface area contributed by atoms with Crippen LogP contribution < -0.4 is 16.0 Å². The molecular formula is C30H37N7O. The third-order valence-electron chi connectivity index (χ3n) is 7.25. The maximum atomic E-state index is 12.8. The highest BCUT2D eigenvalue weighted by molar-refractivity contribution is 5.97. The van der Waals surface area contributed by atoms with E-state index in [1.54, 1.807) is 6.20 Å². The number of rotatable bonds is 7. The number of nitrogens with zero attached hydrogens (tertiary/aromatic N) is 4. The largest absolute Gasteiger partial charge is 0.349 e. The number of nitrogens with one attached hydrogen (secondary N) is 3. The zero-order valence-electron chi connectivity index (χ0n) is 22.3. The van der Waals surface area contributed by atoms with Gasteiger partial charge in [-0.25, -0.2) is 0 Å². The summed E-state index contributed by atoms with van der Waals surface area (Å²) in [5, 5.41) is 9.95. The first-order valence-electron chi connectivity index (χ1n) is 13.4. The Kier molecular flexibility index (Phi) is 8.31. The second-order valence-electron chi connectivity index (χ2n) is 10.3. The van der Waals surface area contributed by atoms with E-state index in [0.29, 0.717) is 6.42 Å². The van der Waals surface area contributed by atoms with E-state index < -0.39 is 0 Å². The van der Waals surface area contributed by atoms with Gasteiger partial charge in [-0.3, -0.25) is 19.7 Å². The van der Waals surface area contributed by atoms with E-state index in [1.807, 2.05) is 37.4 Å². The van der Waals surface area contributed by atoms with Gasteiger partial charge >= 0.3 is 0 Å². The van der Waals surface area contributed by atoms with Crippen molar-refractivity contribution in [2.24, 2.45) is 4.99 Å². The molecule has 0 bridgehead atoms. The van der Waals surface area contributed by atoms with Crippen molar-refractivity contribution in [3.8, 4) is 0 Å². The Morgan fingerprint density at radius 1 is 1.05 bits per heavy atom. The molecule has 1 fully saturated rings. The van der Waals surface area contributed by atoms with Gasteiger partial charge < -0.3 is 20.9 Å². The third kappa shape index (κ3) is 6.96. The number of benzene rings is 2. The Morgan fingerprint density at radius 3 is 2.61 bits per heavy atom. The minimum atomic E-state index is -0.0311. The number of aromatic nitrogens is 1. The molecule has 0 spiro atoms. The van der Waals surface area contributed by atoms with E-state index in [9.17, 15) is 4.79 Å². The predicted molar refractivity (Wildman–Crippen MR) is 153 cm³/mol. The monoisotopic (exact) mass is 511 g/mol. The number of anilines is 2. The highest BCUT2D eigenvalue weighted by atomic mass is 16.1. The van der Waals surface area contributed by atoms with Crippen molar-refractivity contribution in [1.82, 2.24) is 20.1 Å². The third-order valence-corrected chi connectivity index (χ3v) is 7.25. The Balaban J connectivity index is 1.15. The fourth-order valence-corrected chi connectivity index (χ4v) is 4.88. The molecule has 5 rings (SSSR count). The molecule has 0 radical (unpaired) electrons. The number of hydrogen-bond acceptors (Lipinski definition) is 7. The maximum Gasteiger partial charge on any atom is 0.228 e. The van der Waals surface area contributed by atoms with Gasteiger partial charge in [0.1, 0.15) is 0 Å². The van der Waals surface area contributed by atoms with Crippen molar-refractivity contribution < 1.29 is 4.79 Å². The number of aryl methyl sites for hydroxylation is 1. The number of guanidine groups is 1.